The number of hydrogen-bond acceptors (Lipinski definition) is 5. The van der Waals surface area contributed by atoms with Gasteiger partial charge in [0.05, 0.1) is 38.7 Å². The first-order chi connectivity index (χ1) is 16.1. The molecule has 0 saturated heterocycles. The molecule has 3 rings (SSSR count). The minimum Gasteiger partial charge on any atom is -0.497 e. The second-order valence-corrected chi connectivity index (χ2v) is 9.95. The number of ether oxygens (including phenoxy) is 2. The Bertz CT molecular complexity index is 1260. The van der Waals surface area contributed by atoms with Crippen molar-refractivity contribution in [2.24, 2.45) is 0 Å². The maximum absolute atomic E-state index is 12.9. The van der Waals surface area contributed by atoms with Crippen LogP contribution in [0.3, 0.4) is 0 Å². The summed E-state index contributed by atoms with van der Waals surface area (Å²) in [6.45, 7) is 4.02. The molecule has 3 aromatic carbocycles. The van der Waals surface area contributed by atoms with E-state index in [1.807, 2.05) is 44.2 Å². The average molecular weight is 483 g/mol. The highest BCUT2D eigenvalue weighted by atomic mass is 32.2. The lowest BCUT2D eigenvalue weighted by atomic mass is 10.1. The molecule has 1 unspecified atom stereocenters. The molecular formula is C26H30N2O5S. The van der Waals surface area contributed by atoms with Gasteiger partial charge in [-0.15, -0.1) is 0 Å². The van der Waals surface area contributed by atoms with Crippen molar-refractivity contribution in [2.45, 2.75) is 26.4 Å². The summed E-state index contributed by atoms with van der Waals surface area (Å²) in [5, 5.41) is 2.96. The number of nitrogens with zero attached hydrogens (tertiary/aromatic N) is 1. The van der Waals surface area contributed by atoms with Crippen LogP contribution in [0, 0.1) is 6.92 Å². The number of carbonyl (C=O) groups is 1. The fourth-order valence-electron chi connectivity index (χ4n) is 3.66. The van der Waals surface area contributed by atoms with Crippen LogP contribution in [0.1, 0.15) is 40.0 Å². The number of hydrogen-bond donors (Lipinski definition) is 1. The average Bonchev–Trinajstić information content (AvgIpc) is 2.82. The Morgan fingerprint density at radius 1 is 1.00 bits per heavy atom. The molecule has 3 aromatic rings. The zero-order valence-corrected chi connectivity index (χ0v) is 20.8. The van der Waals surface area contributed by atoms with E-state index in [1.54, 1.807) is 50.6 Å². The van der Waals surface area contributed by atoms with E-state index in [9.17, 15) is 13.2 Å². The Balaban J connectivity index is 1.80. The lowest BCUT2D eigenvalue weighted by Gasteiger charge is -2.24. The topological polar surface area (TPSA) is 84.9 Å². The van der Waals surface area contributed by atoms with Crippen molar-refractivity contribution < 1.29 is 22.7 Å². The molecule has 0 spiro atoms. The molecule has 34 heavy (non-hydrogen) atoms. The number of anilines is 1. The van der Waals surface area contributed by atoms with Crippen molar-refractivity contribution >= 4 is 21.6 Å². The molecule has 1 N–H and O–H groups in total. The second-order valence-electron chi connectivity index (χ2n) is 8.05. The molecule has 0 radical (unpaired) electrons. The van der Waals surface area contributed by atoms with Gasteiger partial charge in [-0.05, 0) is 67.4 Å². The van der Waals surface area contributed by atoms with E-state index in [2.05, 4.69) is 5.32 Å². The van der Waals surface area contributed by atoms with E-state index in [4.69, 9.17) is 9.47 Å². The first-order valence-electron chi connectivity index (χ1n) is 10.8. The normalized spacial score (nSPS) is 12.0. The Hall–Kier alpha value is -3.52. The summed E-state index contributed by atoms with van der Waals surface area (Å²) in [6.07, 6.45) is 1.18. The minimum atomic E-state index is -3.53. The maximum Gasteiger partial charge on any atom is 0.251 e. The zero-order chi connectivity index (χ0) is 24.9. The Labute approximate surface area is 201 Å². The van der Waals surface area contributed by atoms with Gasteiger partial charge in [0, 0.05) is 11.1 Å². The van der Waals surface area contributed by atoms with Crippen molar-refractivity contribution in [3.8, 4) is 11.5 Å². The number of methoxy groups -OCH3 is 2. The van der Waals surface area contributed by atoms with Crippen LogP contribution in [0.4, 0.5) is 5.69 Å². The molecule has 0 fully saturated rings. The van der Waals surface area contributed by atoms with Gasteiger partial charge < -0.3 is 14.8 Å². The summed E-state index contributed by atoms with van der Waals surface area (Å²) in [5.74, 6) is 1.02. The zero-order valence-electron chi connectivity index (χ0n) is 20.0. The third-order valence-corrected chi connectivity index (χ3v) is 6.78. The molecule has 8 heteroatoms. The number of sulfonamides is 1. The fraction of sp³-hybridized carbons (Fsp3) is 0.269. The van der Waals surface area contributed by atoms with Gasteiger partial charge in [-0.3, -0.25) is 9.10 Å². The number of rotatable bonds is 9. The SMILES string of the molecule is COc1ccc(OC)c(C(C)NC(=O)c2ccc(N(Cc3ccccc3C)S(C)(=O)=O)cc2)c1. The molecule has 180 valence electrons. The number of benzene rings is 3. The highest BCUT2D eigenvalue weighted by Crippen LogP contribution is 2.29. The van der Waals surface area contributed by atoms with Crippen LogP contribution in [-0.2, 0) is 16.6 Å². The molecular weight excluding hydrogens is 452 g/mol. The highest BCUT2D eigenvalue weighted by Gasteiger charge is 2.20. The third-order valence-electron chi connectivity index (χ3n) is 5.64. The van der Waals surface area contributed by atoms with E-state index < -0.39 is 10.0 Å². The lowest BCUT2D eigenvalue weighted by molar-refractivity contribution is 0.0939. The summed E-state index contributed by atoms with van der Waals surface area (Å²) in [5.41, 5.74) is 3.62. The number of amides is 1. The second kappa shape index (κ2) is 10.6. The summed E-state index contributed by atoms with van der Waals surface area (Å²) in [7, 11) is -0.377. The quantitative estimate of drug-likeness (QED) is 0.486. The van der Waals surface area contributed by atoms with Crippen LogP contribution < -0.4 is 19.1 Å². The lowest BCUT2D eigenvalue weighted by Crippen LogP contribution is -2.30. The van der Waals surface area contributed by atoms with Gasteiger partial charge in [0.1, 0.15) is 11.5 Å². The van der Waals surface area contributed by atoms with Crippen molar-refractivity contribution in [1.82, 2.24) is 5.32 Å². The molecule has 0 saturated carbocycles. The number of aryl methyl sites for hydroxylation is 1. The van der Waals surface area contributed by atoms with Gasteiger partial charge in [-0.25, -0.2) is 8.42 Å². The van der Waals surface area contributed by atoms with Gasteiger partial charge in [0.15, 0.2) is 0 Å². The number of carbonyl (C=O) groups excluding carboxylic acids is 1. The first-order valence-corrected chi connectivity index (χ1v) is 12.6. The van der Waals surface area contributed by atoms with E-state index in [1.165, 1.54) is 10.6 Å². The van der Waals surface area contributed by atoms with Gasteiger partial charge in [-0.2, -0.15) is 0 Å². The van der Waals surface area contributed by atoms with Crippen LogP contribution >= 0.6 is 0 Å². The van der Waals surface area contributed by atoms with Crippen LogP contribution in [0.15, 0.2) is 66.7 Å². The predicted octanol–water partition coefficient (Wildman–Crippen LogP) is 4.47. The maximum atomic E-state index is 12.9. The molecule has 1 amide bonds. The van der Waals surface area contributed by atoms with Crippen LogP contribution in [0.25, 0.3) is 0 Å². The van der Waals surface area contributed by atoms with Crippen molar-refractivity contribution in [2.75, 3.05) is 24.8 Å². The summed E-state index contributed by atoms with van der Waals surface area (Å²) >= 11 is 0. The fourth-order valence-corrected chi connectivity index (χ4v) is 4.54. The van der Waals surface area contributed by atoms with E-state index >= 15 is 0 Å². The molecule has 0 aliphatic carbocycles. The number of nitrogens with one attached hydrogen (secondary N) is 1. The van der Waals surface area contributed by atoms with Crippen molar-refractivity contribution in [3.05, 3.63) is 89.0 Å². The molecule has 0 bridgehead atoms. The van der Waals surface area contributed by atoms with Gasteiger partial charge in [-0.1, -0.05) is 24.3 Å². The Morgan fingerprint density at radius 3 is 2.26 bits per heavy atom. The van der Waals surface area contributed by atoms with Crippen LogP contribution in [0.5, 0.6) is 11.5 Å². The Morgan fingerprint density at radius 2 is 1.68 bits per heavy atom. The molecule has 1 atom stereocenters. The standard InChI is InChI=1S/C26H30N2O5S/c1-18-8-6-7-9-21(18)17-28(34(5,30)31)22-12-10-20(11-13-22)26(29)27-19(2)24-16-23(32-3)14-15-25(24)33-4/h6-16,19H,17H2,1-5H3,(H,27,29). The monoisotopic (exact) mass is 482 g/mol. The summed E-state index contributed by atoms with van der Waals surface area (Å²) in [4.78, 5) is 12.9. The molecule has 7 nitrogen and oxygen atoms in total. The minimum absolute atomic E-state index is 0.212. The summed E-state index contributed by atoms with van der Waals surface area (Å²) in [6, 6.07) is 19.2. The van der Waals surface area contributed by atoms with E-state index in [0.29, 0.717) is 22.7 Å². The predicted molar refractivity (Wildman–Crippen MR) is 134 cm³/mol. The highest BCUT2D eigenvalue weighted by molar-refractivity contribution is 7.92. The van der Waals surface area contributed by atoms with E-state index in [-0.39, 0.29) is 18.5 Å². The van der Waals surface area contributed by atoms with E-state index in [0.717, 1.165) is 16.7 Å². The first kappa shape index (κ1) is 25.1. The smallest absolute Gasteiger partial charge is 0.251 e. The molecule has 0 aliphatic heterocycles. The van der Waals surface area contributed by atoms with Crippen LogP contribution in [0.2, 0.25) is 0 Å². The molecule has 0 heterocycles. The van der Waals surface area contributed by atoms with Gasteiger partial charge in [0.25, 0.3) is 5.91 Å². The Kier molecular flexibility index (Phi) is 7.83. The van der Waals surface area contributed by atoms with Gasteiger partial charge in [0.2, 0.25) is 10.0 Å². The molecule has 0 aromatic heterocycles. The molecule has 0 aliphatic rings. The third kappa shape index (κ3) is 5.88. The van der Waals surface area contributed by atoms with Gasteiger partial charge >= 0.3 is 0 Å². The largest absolute Gasteiger partial charge is 0.497 e. The summed E-state index contributed by atoms with van der Waals surface area (Å²) < 4.78 is 37.0. The van der Waals surface area contributed by atoms with Crippen LogP contribution in [-0.4, -0.2) is 34.8 Å². The van der Waals surface area contributed by atoms with Crippen molar-refractivity contribution in [1.29, 1.82) is 0 Å². The van der Waals surface area contributed by atoms with Crippen molar-refractivity contribution in [3.63, 3.8) is 0 Å².